The Hall–Kier alpha value is -2.58. The van der Waals surface area contributed by atoms with Crippen molar-refractivity contribution in [2.24, 2.45) is 0 Å². The molecule has 0 aliphatic heterocycles. The van der Waals surface area contributed by atoms with E-state index in [-0.39, 0.29) is 6.07 Å². The van der Waals surface area contributed by atoms with E-state index in [4.69, 9.17) is 0 Å². The highest BCUT2D eigenvalue weighted by Crippen LogP contribution is 2.36. The number of nitrogens with zero attached hydrogens (tertiary/aromatic N) is 1. The summed E-state index contributed by atoms with van der Waals surface area (Å²) in [5, 5.41) is 0. The molecule has 1 heterocycles. The Morgan fingerprint density at radius 3 is 1.92 bits per heavy atom. The molecule has 2 rings (SSSR count). The minimum atomic E-state index is -5.04. The summed E-state index contributed by atoms with van der Waals surface area (Å²) < 4.78 is 77.4. The van der Waals surface area contributed by atoms with Crippen LogP contribution in [-0.2, 0) is 18.9 Å². The Morgan fingerprint density at radius 2 is 1.46 bits per heavy atom. The van der Waals surface area contributed by atoms with Gasteiger partial charge in [0.25, 0.3) is 5.56 Å². The van der Waals surface area contributed by atoms with Crippen LogP contribution in [0.3, 0.4) is 0 Å². The first-order valence-electron chi connectivity index (χ1n) is 6.46. The Kier molecular flexibility index (Phi) is 4.54. The van der Waals surface area contributed by atoms with Crippen molar-refractivity contribution < 1.29 is 31.1 Å². The number of hydrogen-bond acceptors (Lipinski definition) is 2. The van der Waals surface area contributed by atoms with E-state index >= 15 is 0 Å². The number of alkyl halides is 6. The molecule has 0 amide bonds. The maximum absolute atomic E-state index is 12.8. The molecule has 1 aromatic heterocycles. The lowest BCUT2D eigenvalue weighted by molar-refractivity contribution is -0.143. The average Bonchev–Trinajstić information content (AvgIpc) is 2.47. The van der Waals surface area contributed by atoms with E-state index in [0.717, 1.165) is 10.6 Å². The summed E-state index contributed by atoms with van der Waals surface area (Å²) in [5.41, 5.74) is -4.54. The van der Waals surface area contributed by atoms with Crippen molar-refractivity contribution in [2.75, 3.05) is 0 Å². The van der Waals surface area contributed by atoms with E-state index in [1.54, 1.807) is 0 Å². The van der Waals surface area contributed by atoms with Crippen LogP contribution >= 0.6 is 0 Å². The zero-order valence-corrected chi connectivity index (χ0v) is 11.8. The highest BCUT2D eigenvalue weighted by molar-refractivity contribution is 5.96. The van der Waals surface area contributed by atoms with Gasteiger partial charge < -0.3 is 4.57 Å². The van der Waals surface area contributed by atoms with Gasteiger partial charge in [-0.1, -0.05) is 6.07 Å². The smallest absolute Gasteiger partial charge is 0.308 e. The second kappa shape index (κ2) is 6.14. The maximum Gasteiger partial charge on any atom is 0.416 e. The molecule has 0 fully saturated rings. The third-order valence-electron chi connectivity index (χ3n) is 3.12. The van der Waals surface area contributed by atoms with Gasteiger partial charge >= 0.3 is 12.4 Å². The summed E-state index contributed by atoms with van der Waals surface area (Å²) in [6.45, 7) is -0.668. The van der Waals surface area contributed by atoms with Gasteiger partial charge in [0.05, 0.1) is 17.7 Å². The van der Waals surface area contributed by atoms with Crippen molar-refractivity contribution >= 4 is 5.78 Å². The van der Waals surface area contributed by atoms with E-state index in [1.807, 2.05) is 0 Å². The number of halogens is 6. The highest BCUT2D eigenvalue weighted by atomic mass is 19.4. The highest BCUT2D eigenvalue weighted by Gasteiger charge is 2.37. The lowest BCUT2D eigenvalue weighted by Crippen LogP contribution is -2.23. The van der Waals surface area contributed by atoms with Crippen LogP contribution in [0.2, 0.25) is 0 Å². The van der Waals surface area contributed by atoms with Crippen LogP contribution in [0, 0.1) is 0 Å². The predicted octanol–water partition coefficient (Wildman–Crippen LogP) is 3.77. The topological polar surface area (TPSA) is 39.1 Å². The molecule has 0 unspecified atom stereocenters. The second-order valence-electron chi connectivity index (χ2n) is 4.88. The molecule has 128 valence electrons. The summed E-state index contributed by atoms with van der Waals surface area (Å²) >= 11 is 0. The molecule has 0 saturated carbocycles. The number of hydrogen-bond donors (Lipinski definition) is 0. The average molecular weight is 349 g/mol. The van der Waals surface area contributed by atoms with Gasteiger partial charge in [0, 0.05) is 17.8 Å². The maximum atomic E-state index is 12.8. The number of Topliss-reactive ketones (excluding diaryl/α,β-unsaturated/α-hetero) is 1. The van der Waals surface area contributed by atoms with Crippen LogP contribution < -0.4 is 5.56 Å². The Morgan fingerprint density at radius 1 is 0.917 bits per heavy atom. The largest absolute Gasteiger partial charge is 0.416 e. The molecule has 3 nitrogen and oxygen atoms in total. The fourth-order valence-electron chi connectivity index (χ4n) is 1.95. The number of rotatable bonds is 3. The fourth-order valence-corrected chi connectivity index (χ4v) is 1.95. The Balaban J connectivity index is 2.47. The van der Waals surface area contributed by atoms with Gasteiger partial charge in [-0.2, -0.15) is 26.3 Å². The fraction of sp³-hybridized carbons (Fsp3) is 0.200. The van der Waals surface area contributed by atoms with Crippen LogP contribution in [0.15, 0.2) is 47.4 Å². The van der Waals surface area contributed by atoms with Crippen molar-refractivity contribution in [3.8, 4) is 0 Å². The van der Waals surface area contributed by atoms with E-state index in [1.165, 1.54) is 18.3 Å². The minimum absolute atomic E-state index is 0.0640. The first-order chi connectivity index (χ1) is 11.0. The van der Waals surface area contributed by atoms with Gasteiger partial charge in [-0.15, -0.1) is 0 Å². The monoisotopic (exact) mass is 349 g/mol. The van der Waals surface area contributed by atoms with Gasteiger partial charge in [0.1, 0.15) is 0 Å². The van der Waals surface area contributed by atoms with Gasteiger partial charge in [-0.25, -0.2) is 0 Å². The first kappa shape index (κ1) is 17.8. The number of carbonyl (C=O) groups excluding carboxylic acids is 1. The quantitative estimate of drug-likeness (QED) is 0.625. The van der Waals surface area contributed by atoms with Gasteiger partial charge in [-0.05, 0) is 24.3 Å². The zero-order valence-electron chi connectivity index (χ0n) is 11.8. The van der Waals surface area contributed by atoms with Crippen molar-refractivity contribution in [1.29, 1.82) is 0 Å². The predicted molar refractivity (Wildman–Crippen MR) is 71.5 cm³/mol. The standard InChI is InChI=1S/C15H9F6NO2/c16-14(17,18)10-5-9(6-11(7-10)15(19,20)21)12(23)8-22-4-2-1-3-13(22)24/h1-7H,8H2. The minimum Gasteiger partial charge on any atom is -0.308 e. The van der Waals surface area contributed by atoms with E-state index in [2.05, 4.69) is 0 Å². The first-order valence-corrected chi connectivity index (χ1v) is 6.46. The van der Waals surface area contributed by atoms with E-state index in [9.17, 15) is 35.9 Å². The molecule has 24 heavy (non-hydrogen) atoms. The lowest BCUT2D eigenvalue weighted by Gasteiger charge is -2.14. The Bertz CT molecular complexity index is 787. The molecule has 0 bridgehead atoms. The molecule has 0 aliphatic carbocycles. The molecule has 0 spiro atoms. The molecule has 9 heteroatoms. The number of carbonyl (C=O) groups is 1. The third-order valence-corrected chi connectivity index (χ3v) is 3.12. The molecule has 0 aliphatic rings. The SMILES string of the molecule is O=C(Cn1ccccc1=O)c1cc(C(F)(F)F)cc(C(F)(F)F)c1. The third kappa shape index (κ3) is 4.03. The molecule has 0 saturated heterocycles. The molecule has 0 N–H and O–H groups in total. The molecule has 0 radical (unpaired) electrons. The van der Waals surface area contributed by atoms with Gasteiger partial charge in [0.15, 0.2) is 5.78 Å². The summed E-state index contributed by atoms with van der Waals surface area (Å²) in [7, 11) is 0. The number of ketones is 1. The summed E-state index contributed by atoms with van der Waals surface area (Å²) in [6, 6.07) is 4.51. The van der Waals surface area contributed by atoms with Crippen LogP contribution in [0.5, 0.6) is 0 Å². The van der Waals surface area contributed by atoms with E-state index in [0.29, 0.717) is 12.1 Å². The zero-order chi connectivity index (χ0) is 18.1. The van der Waals surface area contributed by atoms with Crippen molar-refractivity contribution in [2.45, 2.75) is 18.9 Å². The van der Waals surface area contributed by atoms with Crippen molar-refractivity contribution in [3.05, 3.63) is 69.6 Å². The van der Waals surface area contributed by atoms with Crippen LogP contribution in [0.1, 0.15) is 21.5 Å². The normalized spacial score (nSPS) is 12.2. The Labute approximate surface area is 131 Å². The van der Waals surface area contributed by atoms with Crippen molar-refractivity contribution in [1.82, 2.24) is 4.57 Å². The molecule has 2 aromatic rings. The van der Waals surface area contributed by atoms with Crippen LogP contribution in [0.25, 0.3) is 0 Å². The molecule has 0 atom stereocenters. The van der Waals surface area contributed by atoms with Gasteiger partial charge in [0.2, 0.25) is 0 Å². The van der Waals surface area contributed by atoms with E-state index < -0.39 is 46.9 Å². The summed E-state index contributed by atoms with van der Waals surface area (Å²) in [6.07, 6.45) is -8.88. The second-order valence-corrected chi connectivity index (χ2v) is 4.88. The van der Waals surface area contributed by atoms with Gasteiger partial charge in [-0.3, -0.25) is 9.59 Å². The number of benzene rings is 1. The van der Waals surface area contributed by atoms with Crippen molar-refractivity contribution in [3.63, 3.8) is 0 Å². The molecular weight excluding hydrogens is 340 g/mol. The summed E-state index contributed by atoms with van der Waals surface area (Å²) in [5.74, 6) is -1.04. The van der Waals surface area contributed by atoms with Crippen LogP contribution in [0.4, 0.5) is 26.3 Å². The summed E-state index contributed by atoms with van der Waals surface area (Å²) in [4.78, 5) is 23.5. The number of pyridine rings is 1. The lowest BCUT2D eigenvalue weighted by atomic mass is 10.0. The van der Waals surface area contributed by atoms with Crippen LogP contribution in [-0.4, -0.2) is 10.4 Å². The molecular formula is C15H9F6NO2. The molecule has 1 aromatic carbocycles. The number of aromatic nitrogens is 1.